The predicted molar refractivity (Wildman–Crippen MR) is 104 cm³/mol. The molecule has 1 saturated heterocycles. The summed E-state index contributed by atoms with van der Waals surface area (Å²) < 4.78 is 16.1. The number of nitrogens with one attached hydrogen (secondary N) is 2. The molecule has 1 aliphatic heterocycles. The molecule has 1 aromatic heterocycles. The van der Waals surface area contributed by atoms with Crippen LogP contribution in [0.3, 0.4) is 0 Å². The van der Waals surface area contributed by atoms with Crippen LogP contribution in [0.1, 0.15) is 13.3 Å². The molecule has 146 valence electrons. The first kappa shape index (κ1) is 19.0. The fourth-order valence-electron chi connectivity index (χ4n) is 3.06. The van der Waals surface area contributed by atoms with Crippen molar-refractivity contribution in [3.8, 4) is 17.2 Å². The van der Waals surface area contributed by atoms with Gasteiger partial charge in [-0.15, -0.1) is 0 Å². The number of nitrogens with zero attached hydrogens (tertiary/aromatic N) is 4. The van der Waals surface area contributed by atoms with Crippen molar-refractivity contribution >= 4 is 17.6 Å². The molecule has 0 radical (unpaired) electrons. The summed E-state index contributed by atoms with van der Waals surface area (Å²) >= 11 is 0. The Morgan fingerprint density at radius 2 is 1.89 bits per heavy atom. The van der Waals surface area contributed by atoms with Crippen molar-refractivity contribution in [1.82, 2.24) is 20.3 Å². The van der Waals surface area contributed by atoms with Crippen molar-refractivity contribution in [2.45, 2.75) is 19.4 Å². The van der Waals surface area contributed by atoms with E-state index in [1.165, 1.54) is 6.33 Å². The molecular weight excluding hydrogens is 348 g/mol. The van der Waals surface area contributed by atoms with Crippen LogP contribution in [0.2, 0.25) is 0 Å². The fraction of sp³-hybridized carbons (Fsp3) is 0.500. The van der Waals surface area contributed by atoms with Gasteiger partial charge in [-0.05, 0) is 6.42 Å². The van der Waals surface area contributed by atoms with Crippen LogP contribution in [0.15, 0.2) is 18.5 Å². The summed E-state index contributed by atoms with van der Waals surface area (Å²) in [6.07, 6.45) is 2.59. The van der Waals surface area contributed by atoms with E-state index >= 15 is 0 Å². The van der Waals surface area contributed by atoms with Gasteiger partial charge < -0.3 is 29.7 Å². The molecule has 2 heterocycles. The van der Waals surface area contributed by atoms with E-state index in [4.69, 9.17) is 14.2 Å². The Balaban J connectivity index is 1.82. The number of hydrogen-bond donors (Lipinski definition) is 2. The van der Waals surface area contributed by atoms with Gasteiger partial charge in [-0.25, -0.2) is 9.97 Å². The van der Waals surface area contributed by atoms with Crippen molar-refractivity contribution in [3.63, 3.8) is 0 Å². The van der Waals surface area contributed by atoms with Crippen molar-refractivity contribution in [3.05, 3.63) is 18.5 Å². The number of methoxy groups -OCH3 is 3. The molecule has 1 aliphatic rings. The number of ether oxygens (including phenoxy) is 3. The zero-order valence-electron chi connectivity index (χ0n) is 16.2. The Morgan fingerprint density at radius 3 is 2.52 bits per heavy atom. The molecule has 2 aromatic rings. The average molecular weight is 374 g/mol. The van der Waals surface area contributed by atoms with Crippen LogP contribution < -0.4 is 29.7 Å². The Bertz CT molecular complexity index is 748. The minimum absolute atomic E-state index is 0.446. The van der Waals surface area contributed by atoms with E-state index in [0.717, 1.165) is 31.7 Å². The van der Waals surface area contributed by atoms with Gasteiger partial charge in [0, 0.05) is 43.5 Å². The van der Waals surface area contributed by atoms with Crippen LogP contribution in [0, 0.1) is 0 Å². The monoisotopic (exact) mass is 374 g/mol. The van der Waals surface area contributed by atoms with Crippen molar-refractivity contribution in [1.29, 1.82) is 0 Å². The maximum Gasteiger partial charge on any atom is 0.232 e. The van der Waals surface area contributed by atoms with Gasteiger partial charge in [0.1, 0.15) is 6.33 Å². The second-order valence-corrected chi connectivity index (χ2v) is 6.15. The van der Waals surface area contributed by atoms with Gasteiger partial charge in [0.05, 0.1) is 21.3 Å². The maximum absolute atomic E-state index is 5.39. The minimum atomic E-state index is 0.446. The zero-order valence-corrected chi connectivity index (χ0v) is 16.2. The summed E-state index contributed by atoms with van der Waals surface area (Å²) in [6.45, 7) is 4.83. The lowest BCUT2D eigenvalue weighted by molar-refractivity contribution is 0.324. The molecule has 27 heavy (non-hydrogen) atoms. The zero-order chi connectivity index (χ0) is 19.2. The van der Waals surface area contributed by atoms with E-state index in [1.54, 1.807) is 21.3 Å². The number of rotatable bonds is 7. The Hall–Kier alpha value is -2.81. The van der Waals surface area contributed by atoms with Crippen LogP contribution in [0.25, 0.3) is 0 Å². The maximum atomic E-state index is 5.39. The smallest absolute Gasteiger partial charge is 0.232 e. The SMILES string of the molecule is CC[C@@H]1CN(c2ncnc(Nc3cc(OC)c(OC)c(OC)c3)n2)CCN1. The molecular formula is C18H26N6O3. The lowest BCUT2D eigenvalue weighted by atomic mass is 10.2. The standard InChI is InChI=1S/C18H26N6O3/c1-5-12-10-24(7-6-19-12)18-21-11-20-17(23-18)22-13-8-14(25-2)16(27-4)15(9-13)26-3/h8-9,11-12,19H,5-7,10H2,1-4H3,(H,20,21,22,23)/t12-/m1/s1. The van der Waals surface area contributed by atoms with Gasteiger partial charge in [-0.2, -0.15) is 4.98 Å². The highest BCUT2D eigenvalue weighted by molar-refractivity contribution is 5.65. The summed E-state index contributed by atoms with van der Waals surface area (Å²) in [5, 5.41) is 6.68. The summed E-state index contributed by atoms with van der Waals surface area (Å²) in [7, 11) is 4.73. The molecule has 2 N–H and O–H groups in total. The fourth-order valence-corrected chi connectivity index (χ4v) is 3.06. The number of aromatic nitrogens is 3. The molecule has 1 fully saturated rings. The topological polar surface area (TPSA) is 93.7 Å². The van der Waals surface area contributed by atoms with Gasteiger partial charge in [0.2, 0.25) is 17.6 Å². The van der Waals surface area contributed by atoms with Gasteiger partial charge in [0.25, 0.3) is 0 Å². The first-order valence-electron chi connectivity index (χ1n) is 8.92. The molecule has 0 bridgehead atoms. The molecule has 0 saturated carbocycles. The van der Waals surface area contributed by atoms with Crippen molar-refractivity contribution in [2.75, 3.05) is 51.2 Å². The van der Waals surface area contributed by atoms with E-state index in [2.05, 4.69) is 37.4 Å². The molecule has 0 aliphatic carbocycles. The highest BCUT2D eigenvalue weighted by Crippen LogP contribution is 2.40. The molecule has 0 amide bonds. The average Bonchev–Trinajstić information content (AvgIpc) is 2.73. The number of hydrogen-bond acceptors (Lipinski definition) is 9. The van der Waals surface area contributed by atoms with E-state index in [1.807, 2.05) is 12.1 Å². The third-order valence-corrected chi connectivity index (χ3v) is 4.51. The van der Waals surface area contributed by atoms with Crippen LogP contribution in [-0.4, -0.2) is 62.0 Å². The second kappa shape index (κ2) is 8.72. The quantitative estimate of drug-likeness (QED) is 0.753. The normalized spacial score (nSPS) is 16.7. The second-order valence-electron chi connectivity index (χ2n) is 6.15. The van der Waals surface area contributed by atoms with Gasteiger partial charge in [0.15, 0.2) is 11.5 Å². The molecule has 9 heteroatoms. The third-order valence-electron chi connectivity index (χ3n) is 4.51. The highest BCUT2D eigenvalue weighted by Gasteiger charge is 2.20. The lowest BCUT2D eigenvalue weighted by Crippen LogP contribution is -2.51. The van der Waals surface area contributed by atoms with Crippen LogP contribution >= 0.6 is 0 Å². The van der Waals surface area contributed by atoms with Crippen molar-refractivity contribution < 1.29 is 14.2 Å². The van der Waals surface area contributed by atoms with Crippen LogP contribution in [0.4, 0.5) is 17.6 Å². The number of anilines is 3. The van der Waals surface area contributed by atoms with Gasteiger partial charge in [-0.3, -0.25) is 0 Å². The molecule has 3 rings (SSSR count). The van der Waals surface area contributed by atoms with Crippen LogP contribution in [0.5, 0.6) is 17.2 Å². The van der Waals surface area contributed by atoms with E-state index < -0.39 is 0 Å². The molecule has 1 aromatic carbocycles. The third kappa shape index (κ3) is 4.30. The largest absolute Gasteiger partial charge is 0.493 e. The van der Waals surface area contributed by atoms with E-state index in [0.29, 0.717) is 35.2 Å². The molecule has 0 spiro atoms. The summed E-state index contributed by atoms with van der Waals surface area (Å²) in [5.74, 6) is 2.78. The van der Waals surface area contributed by atoms with Crippen LogP contribution in [-0.2, 0) is 0 Å². The number of benzene rings is 1. The van der Waals surface area contributed by atoms with Gasteiger partial charge in [-0.1, -0.05) is 6.92 Å². The van der Waals surface area contributed by atoms with Gasteiger partial charge >= 0.3 is 0 Å². The van der Waals surface area contributed by atoms with Crippen molar-refractivity contribution in [2.24, 2.45) is 0 Å². The summed E-state index contributed by atoms with van der Waals surface area (Å²) in [4.78, 5) is 15.3. The molecule has 1 atom stereocenters. The first-order chi connectivity index (χ1) is 13.2. The minimum Gasteiger partial charge on any atom is -0.493 e. The summed E-state index contributed by atoms with van der Waals surface area (Å²) in [6, 6.07) is 4.06. The Labute approximate surface area is 159 Å². The first-order valence-corrected chi connectivity index (χ1v) is 8.92. The molecule has 9 nitrogen and oxygen atoms in total. The van der Waals surface area contributed by atoms with E-state index in [9.17, 15) is 0 Å². The predicted octanol–water partition coefficient (Wildman–Crippen LogP) is 1.83. The summed E-state index contributed by atoms with van der Waals surface area (Å²) in [5.41, 5.74) is 0.730. The lowest BCUT2D eigenvalue weighted by Gasteiger charge is -2.33. The van der Waals surface area contributed by atoms with E-state index in [-0.39, 0.29) is 0 Å². The molecule has 0 unspecified atom stereocenters. The number of piperazine rings is 1. The Kier molecular flexibility index (Phi) is 6.12. The Morgan fingerprint density at radius 1 is 1.15 bits per heavy atom. The highest BCUT2D eigenvalue weighted by atomic mass is 16.5.